The van der Waals surface area contributed by atoms with E-state index in [4.69, 9.17) is 0 Å². The number of carbonyl (C=O) groups is 1. The molecule has 0 aliphatic heterocycles. The molecule has 0 N–H and O–H groups in total. The average Bonchev–Trinajstić information content (AvgIpc) is 2.20. The lowest BCUT2D eigenvalue weighted by atomic mass is 9.83. The molecule has 0 aliphatic rings. The molecule has 0 spiro atoms. The summed E-state index contributed by atoms with van der Waals surface area (Å²) in [5.41, 5.74) is 5.98. The average molecular weight is 218 g/mol. The Morgan fingerprint density at radius 2 is 1.56 bits per heavy atom. The molecular weight excluding hydrogens is 196 g/mol. The molecule has 0 radical (unpaired) electrons. The van der Waals surface area contributed by atoms with E-state index in [1.165, 1.54) is 16.7 Å². The normalized spacial score (nSPS) is 11.2. The Bertz CT molecular complexity index is 400. The largest absolute Gasteiger partial charge is 0.298 e. The summed E-state index contributed by atoms with van der Waals surface area (Å²) in [5.74, 6) is 0.979. The van der Waals surface area contributed by atoms with Crippen molar-refractivity contribution in [2.24, 2.45) is 0 Å². The SMILES string of the molecule is Cc1c(C=O)cc(C(C)C)c(C(C)C)c1C. The van der Waals surface area contributed by atoms with Gasteiger partial charge in [-0.3, -0.25) is 4.79 Å². The Labute approximate surface area is 98.9 Å². The molecule has 1 nitrogen and oxygen atoms in total. The predicted molar refractivity (Wildman–Crippen MR) is 69.5 cm³/mol. The summed E-state index contributed by atoms with van der Waals surface area (Å²) in [7, 11) is 0. The van der Waals surface area contributed by atoms with Gasteiger partial charge in [-0.05, 0) is 54.0 Å². The Balaban J connectivity index is 3.58. The van der Waals surface area contributed by atoms with Crippen molar-refractivity contribution in [1.29, 1.82) is 0 Å². The predicted octanol–water partition coefficient (Wildman–Crippen LogP) is 4.36. The van der Waals surface area contributed by atoms with Gasteiger partial charge in [0.1, 0.15) is 6.29 Å². The highest BCUT2D eigenvalue weighted by atomic mass is 16.1. The highest BCUT2D eigenvalue weighted by molar-refractivity contribution is 5.79. The smallest absolute Gasteiger partial charge is 0.150 e. The topological polar surface area (TPSA) is 17.1 Å². The number of hydrogen-bond donors (Lipinski definition) is 0. The van der Waals surface area contributed by atoms with E-state index in [0.717, 1.165) is 17.4 Å². The van der Waals surface area contributed by atoms with Gasteiger partial charge >= 0.3 is 0 Å². The van der Waals surface area contributed by atoms with Crippen molar-refractivity contribution in [2.45, 2.75) is 53.4 Å². The summed E-state index contributed by atoms with van der Waals surface area (Å²) in [6, 6.07) is 2.06. The van der Waals surface area contributed by atoms with Crippen LogP contribution in [-0.4, -0.2) is 6.29 Å². The second kappa shape index (κ2) is 4.82. The van der Waals surface area contributed by atoms with Crippen molar-refractivity contribution in [1.82, 2.24) is 0 Å². The first-order valence-corrected chi connectivity index (χ1v) is 5.99. The van der Waals surface area contributed by atoms with Gasteiger partial charge in [0.05, 0.1) is 0 Å². The summed E-state index contributed by atoms with van der Waals surface area (Å²) in [5, 5.41) is 0. The van der Waals surface area contributed by atoms with Crippen LogP contribution in [0.2, 0.25) is 0 Å². The maximum atomic E-state index is 11.0. The van der Waals surface area contributed by atoms with Crippen LogP contribution < -0.4 is 0 Å². The van der Waals surface area contributed by atoms with Crippen molar-refractivity contribution in [3.8, 4) is 0 Å². The maximum Gasteiger partial charge on any atom is 0.150 e. The van der Waals surface area contributed by atoms with Crippen LogP contribution in [0.3, 0.4) is 0 Å². The first kappa shape index (κ1) is 13.0. The molecule has 88 valence electrons. The molecule has 0 saturated carbocycles. The monoisotopic (exact) mass is 218 g/mol. The van der Waals surface area contributed by atoms with Gasteiger partial charge < -0.3 is 0 Å². The summed E-state index contributed by atoms with van der Waals surface area (Å²) in [4.78, 5) is 11.0. The van der Waals surface area contributed by atoms with Crippen LogP contribution in [0.5, 0.6) is 0 Å². The highest BCUT2D eigenvalue weighted by Crippen LogP contribution is 2.32. The van der Waals surface area contributed by atoms with E-state index in [9.17, 15) is 4.79 Å². The van der Waals surface area contributed by atoms with Crippen LogP contribution in [0.4, 0.5) is 0 Å². The number of aldehydes is 1. The summed E-state index contributed by atoms with van der Waals surface area (Å²) >= 11 is 0. The van der Waals surface area contributed by atoms with E-state index in [2.05, 4.69) is 40.7 Å². The van der Waals surface area contributed by atoms with E-state index < -0.39 is 0 Å². The van der Waals surface area contributed by atoms with Gasteiger partial charge in [-0.1, -0.05) is 27.7 Å². The van der Waals surface area contributed by atoms with Crippen molar-refractivity contribution in [3.05, 3.63) is 33.9 Å². The summed E-state index contributed by atoms with van der Waals surface area (Å²) in [6.07, 6.45) is 0.971. The van der Waals surface area contributed by atoms with Crippen LogP contribution in [0.15, 0.2) is 6.07 Å². The van der Waals surface area contributed by atoms with Crippen molar-refractivity contribution in [3.63, 3.8) is 0 Å². The van der Waals surface area contributed by atoms with E-state index in [1.807, 2.05) is 6.92 Å². The molecule has 0 unspecified atom stereocenters. The fourth-order valence-electron chi connectivity index (χ4n) is 2.35. The molecule has 0 aliphatic carbocycles. The molecule has 0 fully saturated rings. The third kappa shape index (κ3) is 2.18. The Hall–Kier alpha value is -1.11. The third-order valence-electron chi connectivity index (χ3n) is 3.35. The zero-order valence-electron chi connectivity index (χ0n) is 11.2. The van der Waals surface area contributed by atoms with E-state index in [0.29, 0.717) is 11.8 Å². The minimum atomic E-state index is 0.468. The van der Waals surface area contributed by atoms with Gasteiger partial charge in [0.2, 0.25) is 0 Å². The van der Waals surface area contributed by atoms with Gasteiger partial charge in [0.25, 0.3) is 0 Å². The van der Waals surface area contributed by atoms with Crippen LogP contribution >= 0.6 is 0 Å². The third-order valence-corrected chi connectivity index (χ3v) is 3.35. The van der Waals surface area contributed by atoms with Gasteiger partial charge in [-0.2, -0.15) is 0 Å². The van der Waals surface area contributed by atoms with Gasteiger partial charge in [-0.15, -0.1) is 0 Å². The van der Waals surface area contributed by atoms with E-state index in [-0.39, 0.29) is 0 Å². The highest BCUT2D eigenvalue weighted by Gasteiger charge is 2.16. The first-order valence-electron chi connectivity index (χ1n) is 5.99. The lowest BCUT2D eigenvalue weighted by Gasteiger charge is -2.21. The molecule has 16 heavy (non-hydrogen) atoms. The van der Waals surface area contributed by atoms with Gasteiger partial charge in [-0.25, -0.2) is 0 Å². The summed E-state index contributed by atoms with van der Waals surface area (Å²) < 4.78 is 0. The minimum Gasteiger partial charge on any atom is -0.298 e. The number of benzene rings is 1. The lowest BCUT2D eigenvalue weighted by molar-refractivity contribution is 0.112. The molecule has 0 atom stereocenters. The van der Waals surface area contributed by atoms with Crippen molar-refractivity contribution >= 4 is 6.29 Å². The van der Waals surface area contributed by atoms with Crippen LogP contribution in [-0.2, 0) is 0 Å². The Kier molecular flexibility index (Phi) is 3.90. The molecule has 1 rings (SSSR count). The minimum absolute atomic E-state index is 0.468. The summed E-state index contributed by atoms with van der Waals surface area (Å²) in [6.45, 7) is 13.0. The van der Waals surface area contributed by atoms with E-state index >= 15 is 0 Å². The second-order valence-corrected chi connectivity index (χ2v) is 5.15. The zero-order chi connectivity index (χ0) is 12.5. The maximum absolute atomic E-state index is 11.0. The molecule has 0 bridgehead atoms. The Morgan fingerprint density at radius 3 is 1.94 bits per heavy atom. The fraction of sp³-hybridized carbons (Fsp3) is 0.533. The van der Waals surface area contributed by atoms with Crippen molar-refractivity contribution in [2.75, 3.05) is 0 Å². The zero-order valence-corrected chi connectivity index (χ0v) is 11.2. The second-order valence-electron chi connectivity index (χ2n) is 5.15. The van der Waals surface area contributed by atoms with Crippen LogP contribution in [0.25, 0.3) is 0 Å². The lowest BCUT2D eigenvalue weighted by Crippen LogP contribution is -2.06. The molecule has 1 heteroatoms. The standard InChI is InChI=1S/C15H22O/c1-9(2)14-7-13(8-16)11(5)12(6)15(14)10(3)4/h7-10H,1-6H3. The first-order chi connectivity index (χ1) is 7.40. The molecule has 0 amide bonds. The Morgan fingerprint density at radius 1 is 1.00 bits per heavy atom. The molecular formula is C15H22O. The quantitative estimate of drug-likeness (QED) is 0.689. The fourth-order valence-corrected chi connectivity index (χ4v) is 2.35. The molecule has 0 heterocycles. The molecule has 1 aromatic rings. The van der Waals surface area contributed by atoms with Crippen LogP contribution in [0.1, 0.15) is 72.1 Å². The van der Waals surface area contributed by atoms with E-state index in [1.54, 1.807) is 0 Å². The molecule has 0 saturated heterocycles. The number of rotatable bonds is 3. The molecule has 0 aromatic heterocycles. The van der Waals surface area contributed by atoms with Gasteiger partial charge in [0, 0.05) is 5.56 Å². The number of hydrogen-bond acceptors (Lipinski definition) is 1. The number of carbonyl (C=O) groups excluding carboxylic acids is 1. The van der Waals surface area contributed by atoms with Gasteiger partial charge in [0.15, 0.2) is 0 Å². The van der Waals surface area contributed by atoms with Crippen molar-refractivity contribution < 1.29 is 4.79 Å². The molecule has 1 aromatic carbocycles. The van der Waals surface area contributed by atoms with Crippen LogP contribution in [0, 0.1) is 13.8 Å².